The van der Waals surface area contributed by atoms with Crippen LogP contribution in [0.2, 0.25) is 0 Å². The maximum atomic E-state index is 12.3. The van der Waals surface area contributed by atoms with Crippen molar-refractivity contribution in [3.63, 3.8) is 0 Å². The molecular formula is C25H23ClN2O4. The highest BCUT2D eigenvalue weighted by Gasteiger charge is 2.30. The molecule has 1 aliphatic rings. The van der Waals surface area contributed by atoms with Crippen molar-refractivity contribution in [3.8, 4) is 11.5 Å². The number of ether oxygens (including phenoxy) is 2. The van der Waals surface area contributed by atoms with Crippen LogP contribution in [0.1, 0.15) is 22.6 Å². The summed E-state index contributed by atoms with van der Waals surface area (Å²) in [6.07, 6.45) is 1.04. The lowest BCUT2D eigenvalue weighted by Gasteiger charge is -2.13. The molecule has 0 fully saturated rings. The van der Waals surface area contributed by atoms with Crippen LogP contribution < -0.4 is 14.9 Å². The Labute approximate surface area is 191 Å². The standard InChI is InChI=1S/C25H23ClN2O4/c1-31-25(30)23(28-26)15-17-8-12-19(13-9-17)32-18-10-6-16(7-11-18)14-21-20-4-2-3-5-22(20)27-24(21)29/h2-13,21,23,28H,14-15H2,1H3,(H,27,29). The van der Waals surface area contributed by atoms with Gasteiger partial charge in [0.05, 0.1) is 13.0 Å². The van der Waals surface area contributed by atoms with Crippen molar-refractivity contribution < 1.29 is 19.1 Å². The van der Waals surface area contributed by atoms with Gasteiger partial charge in [0, 0.05) is 5.69 Å². The van der Waals surface area contributed by atoms with Gasteiger partial charge in [0.1, 0.15) is 17.5 Å². The molecule has 6 nitrogen and oxygen atoms in total. The number of hydrogen-bond acceptors (Lipinski definition) is 5. The summed E-state index contributed by atoms with van der Waals surface area (Å²) < 4.78 is 10.6. The number of methoxy groups -OCH3 is 1. The van der Waals surface area contributed by atoms with Crippen LogP contribution in [0.3, 0.4) is 0 Å². The van der Waals surface area contributed by atoms with Crippen molar-refractivity contribution in [2.24, 2.45) is 0 Å². The fourth-order valence-electron chi connectivity index (χ4n) is 3.78. The minimum atomic E-state index is -0.616. The Kier molecular flexibility index (Phi) is 6.73. The van der Waals surface area contributed by atoms with Gasteiger partial charge < -0.3 is 14.8 Å². The number of para-hydroxylation sites is 1. The molecular weight excluding hydrogens is 428 g/mol. The number of benzene rings is 3. The summed E-state index contributed by atoms with van der Waals surface area (Å²) in [5.74, 6) is 0.818. The van der Waals surface area contributed by atoms with Crippen molar-refractivity contribution in [2.75, 3.05) is 12.4 Å². The van der Waals surface area contributed by atoms with E-state index in [4.69, 9.17) is 21.3 Å². The molecule has 0 saturated carbocycles. The van der Waals surface area contributed by atoms with Gasteiger partial charge in [-0.05, 0) is 71.6 Å². The van der Waals surface area contributed by atoms with Crippen molar-refractivity contribution >= 4 is 29.3 Å². The van der Waals surface area contributed by atoms with Crippen molar-refractivity contribution in [1.82, 2.24) is 4.84 Å². The van der Waals surface area contributed by atoms with Crippen LogP contribution >= 0.6 is 11.8 Å². The Morgan fingerprint density at radius 1 is 1.00 bits per heavy atom. The first kappa shape index (κ1) is 21.9. The average Bonchev–Trinajstić information content (AvgIpc) is 3.14. The lowest BCUT2D eigenvalue weighted by molar-refractivity contribution is -0.142. The Morgan fingerprint density at radius 2 is 1.62 bits per heavy atom. The average molecular weight is 451 g/mol. The Morgan fingerprint density at radius 3 is 2.25 bits per heavy atom. The van der Waals surface area contributed by atoms with Gasteiger partial charge in [-0.15, -0.1) is 0 Å². The molecule has 2 unspecified atom stereocenters. The summed E-state index contributed by atoms with van der Waals surface area (Å²) in [6, 6.07) is 22.4. The second-order valence-corrected chi connectivity index (χ2v) is 7.83. The number of halogens is 1. The number of amides is 1. The summed E-state index contributed by atoms with van der Waals surface area (Å²) >= 11 is 5.63. The molecule has 32 heavy (non-hydrogen) atoms. The molecule has 164 valence electrons. The zero-order valence-electron chi connectivity index (χ0n) is 17.5. The third-order valence-electron chi connectivity index (χ3n) is 5.49. The van der Waals surface area contributed by atoms with E-state index in [1.54, 1.807) is 0 Å². The van der Waals surface area contributed by atoms with Crippen LogP contribution in [0, 0.1) is 0 Å². The van der Waals surface area contributed by atoms with Crippen LogP contribution in [-0.2, 0) is 27.2 Å². The number of nitrogens with one attached hydrogen (secondary N) is 2. The van der Waals surface area contributed by atoms with Crippen LogP contribution in [0.4, 0.5) is 5.69 Å². The lowest BCUT2D eigenvalue weighted by Crippen LogP contribution is -2.33. The summed E-state index contributed by atoms with van der Waals surface area (Å²) in [5, 5.41) is 2.94. The molecule has 7 heteroatoms. The van der Waals surface area contributed by atoms with Crippen molar-refractivity contribution in [3.05, 3.63) is 89.5 Å². The predicted molar refractivity (Wildman–Crippen MR) is 123 cm³/mol. The second kappa shape index (κ2) is 9.85. The number of carbonyl (C=O) groups excluding carboxylic acids is 2. The van der Waals surface area contributed by atoms with E-state index in [1.165, 1.54) is 7.11 Å². The summed E-state index contributed by atoms with van der Waals surface area (Å²) in [4.78, 5) is 26.4. The first-order valence-electron chi connectivity index (χ1n) is 10.3. The van der Waals surface area contributed by atoms with E-state index in [1.807, 2.05) is 72.8 Å². The van der Waals surface area contributed by atoms with E-state index in [0.29, 0.717) is 24.3 Å². The zero-order valence-corrected chi connectivity index (χ0v) is 18.3. The van der Waals surface area contributed by atoms with Gasteiger partial charge in [-0.1, -0.05) is 42.5 Å². The monoisotopic (exact) mass is 450 g/mol. The predicted octanol–water partition coefficient (Wildman–Crippen LogP) is 4.58. The van der Waals surface area contributed by atoms with Crippen LogP contribution in [0.5, 0.6) is 11.5 Å². The maximum Gasteiger partial charge on any atom is 0.324 e. The molecule has 4 rings (SSSR count). The molecule has 0 aliphatic carbocycles. The van der Waals surface area contributed by atoms with E-state index in [9.17, 15) is 9.59 Å². The zero-order chi connectivity index (χ0) is 22.5. The highest BCUT2D eigenvalue weighted by atomic mass is 35.5. The molecule has 3 aromatic carbocycles. The topological polar surface area (TPSA) is 76.7 Å². The van der Waals surface area contributed by atoms with E-state index in [2.05, 4.69) is 10.2 Å². The Hall–Kier alpha value is -3.35. The largest absolute Gasteiger partial charge is 0.468 e. The number of hydrogen-bond donors (Lipinski definition) is 2. The molecule has 0 radical (unpaired) electrons. The highest BCUT2D eigenvalue weighted by molar-refractivity contribution is 6.14. The minimum Gasteiger partial charge on any atom is -0.468 e. The number of anilines is 1. The highest BCUT2D eigenvalue weighted by Crippen LogP contribution is 2.34. The van der Waals surface area contributed by atoms with Gasteiger partial charge in [-0.3, -0.25) is 9.59 Å². The van der Waals surface area contributed by atoms with Crippen LogP contribution in [-0.4, -0.2) is 25.0 Å². The third-order valence-corrected chi connectivity index (χ3v) is 5.75. The lowest BCUT2D eigenvalue weighted by atomic mass is 9.93. The first-order valence-corrected chi connectivity index (χ1v) is 10.6. The molecule has 0 spiro atoms. The first-order chi connectivity index (χ1) is 15.6. The molecule has 0 bridgehead atoms. The summed E-state index contributed by atoms with van der Waals surface area (Å²) in [7, 11) is 1.33. The number of carbonyl (C=O) groups is 2. The minimum absolute atomic E-state index is 0.0328. The van der Waals surface area contributed by atoms with Gasteiger partial charge in [-0.25, -0.2) is 4.84 Å². The van der Waals surface area contributed by atoms with Gasteiger partial charge in [0.25, 0.3) is 0 Å². The van der Waals surface area contributed by atoms with Crippen LogP contribution in [0.25, 0.3) is 0 Å². The van der Waals surface area contributed by atoms with Crippen LogP contribution in [0.15, 0.2) is 72.8 Å². The molecule has 0 aromatic heterocycles. The molecule has 0 saturated heterocycles. The summed E-state index contributed by atoms with van der Waals surface area (Å²) in [5.41, 5.74) is 3.92. The number of fused-ring (bicyclic) bond motifs is 1. The normalized spacial score (nSPS) is 15.6. The smallest absolute Gasteiger partial charge is 0.324 e. The summed E-state index contributed by atoms with van der Waals surface area (Å²) in [6.45, 7) is 0. The third kappa shape index (κ3) is 4.93. The van der Waals surface area contributed by atoms with Gasteiger partial charge in [-0.2, -0.15) is 0 Å². The molecule has 3 aromatic rings. The fourth-order valence-corrected chi connectivity index (χ4v) is 3.95. The number of esters is 1. The van der Waals surface area contributed by atoms with E-state index in [-0.39, 0.29) is 11.8 Å². The maximum absolute atomic E-state index is 12.3. The Bertz CT molecular complexity index is 1100. The van der Waals surface area contributed by atoms with E-state index in [0.717, 1.165) is 22.4 Å². The molecule has 1 amide bonds. The number of rotatable bonds is 8. The van der Waals surface area contributed by atoms with Gasteiger partial charge in [0.15, 0.2) is 0 Å². The van der Waals surface area contributed by atoms with E-state index < -0.39 is 12.0 Å². The quantitative estimate of drug-likeness (QED) is 0.388. The SMILES string of the molecule is COC(=O)C(Cc1ccc(Oc2ccc(CC3C(=O)Nc4ccccc43)cc2)cc1)NCl. The second-order valence-electron chi connectivity index (χ2n) is 7.61. The van der Waals surface area contributed by atoms with Crippen molar-refractivity contribution in [1.29, 1.82) is 0 Å². The molecule has 2 N–H and O–H groups in total. The van der Waals surface area contributed by atoms with Gasteiger partial charge in [0.2, 0.25) is 5.91 Å². The fraction of sp³-hybridized carbons (Fsp3) is 0.200. The van der Waals surface area contributed by atoms with Crippen molar-refractivity contribution in [2.45, 2.75) is 24.8 Å². The van der Waals surface area contributed by atoms with Gasteiger partial charge >= 0.3 is 5.97 Å². The molecule has 1 aliphatic heterocycles. The Balaban J connectivity index is 1.37. The van der Waals surface area contributed by atoms with E-state index >= 15 is 0 Å². The molecule has 2 atom stereocenters. The molecule has 1 heterocycles.